The second-order valence-electron chi connectivity index (χ2n) is 6.46. The van der Waals surface area contributed by atoms with Crippen LogP contribution in [0.5, 0.6) is 5.75 Å². The minimum absolute atomic E-state index is 0.261. The highest BCUT2D eigenvalue weighted by Crippen LogP contribution is 2.27. The standard InChI is InChI=1S/C18H21NO8/c1-8-5-14(22)26-12-6-10(3-4-11(8)12)25-18-15(19-9(2)21)17(24)16(23)13(7-20)27-18/h3-6,13,15-18,20,23-24H,7H2,1-2H3,(H,19,21)/t13-,15-,16+,17+,18-/m1/s1. The summed E-state index contributed by atoms with van der Waals surface area (Å²) in [5, 5.41) is 32.9. The van der Waals surface area contributed by atoms with Gasteiger partial charge in [-0.25, -0.2) is 4.79 Å². The molecule has 5 atom stereocenters. The molecule has 0 saturated carbocycles. The quantitative estimate of drug-likeness (QED) is 0.518. The molecule has 0 aliphatic carbocycles. The Morgan fingerprint density at radius 2 is 2.00 bits per heavy atom. The number of fused-ring (bicyclic) bond motifs is 1. The van der Waals surface area contributed by atoms with E-state index in [9.17, 15) is 24.9 Å². The van der Waals surface area contributed by atoms with Crippen LogP contribution in [0.3, 0.4) is 0 Å². The van der Waals surface area contributed by atoms with E-state index in [2.05, 4.69) is 5.32 Å². The Morgan fingerprint density at radius 1 is 1.26 bits per heavy atom. The number of hydrogen-bond donors (Lipinski definition) is 4. The molecule has 2 heterocycles. The molecule has 146 valence electrons. The number of aryl methyl sites for hydroxylation is 1. The largest absolute Gasteiger partial charge is 0.462 e. The Hall–Kier alpha value is -2.46. The van der Waals surface area contributed by atoms with E-state index >= 15 is 0 Å². The lowest BCUT2D eigenvalue weighted by molar-refractivity contribution is -0.244. The summed E-state index contributed by atoms with van der Waals surface area (Å²) < 4.78 is 16.4. The average molecular weight is 379 g/mol. The first kappa shape index (κ1) is 19.3. The molecule has 1 fully saturated rings. The van der Waals surface area contributed by atoms with Crippen LogP contribution in [0.25, 0.3) is 11.0 Å². The zero-order valence-electron chi connectivity index (χ0n) is 14.8. The van der Waals surface area contributed by atoms with Gasteiger partial charge in [-0.15, -0.1) is 0 Å². The van der Waals surface area contributed by atoms with Gasteiger partial charge in [-0.1, -0.05) is 0 Å². The van der Waals surface area contributed by atoms with Crippen LogP contribution in [0.4, 0.5) is 0 Å². The monoisotopic (exact) mass is 379 g/mol. The Bertz CT molecular complexity index is 895. The number of nitrogens with one attached hydrogen (secondary N) is 1. The molecule has 27 heavy (non-hydrogen) atoms. The zero-order valence-corrected chi connectivity index (χ0v) is 14.8. The number of amides is 1. The molecule has 9 heteroatoms. The van der Waals surface area contributed by atoms with Gasteiger partial charge < -0.3 is 34.5 Å². The summed E-state index contributed by atoms with van der Waals surface area (Å²) in [6, 6.07) is 5.12. The summed E-state index contributed by atoms with van der Waals surface area (Å²) in [7, 11) is 0. The number of aliphatic hydroxyl groups is 3. The van der Waals surface area contributed by atoms with Crippen molar-refractivity contribution in [2.24, 2.45) is 0 Å². The molecule has 0 spiro atoms. The highest BCUT2D eigenvalue weighted by atomic mass is 16.7. The normalized spacial score (nSPS) is 28.1. The lowest BCUT2D eigenvalue weighted by Crippen LogP contribution is -2.65. The van der Waals surface area contributed by atoms with E-state index < -0.39 is 48.8 Å². The third-order valence-corrected chi connectivity index (χ3v) is 4.43. The second kappa shape index (κ2) is 7.65. The van der Waals surface area contributed by atoms with E-state index in [0.29, 0.717) is 5.58 Å². The van der Waals surface area contributed by atoms with Crippen LogP contribution in [0.2, 0.25) is 0 Å². The molecular weight excluding hydrogens is 358 g/mol. The van der Waals surface area contributed by atoms with Crippen LogP contribution in [0.15, 0.2) is 33.5 Å². The third kappa shape index (κ3) is 3.96. The van der Waals surface area contributed by atoms with Crippen LogP contribution in [0, 0.1) is 6.92 Å². The second-order valence-corrected chi connectivity index (χ2v) is 6.46. The van der Waals surface area contributed by atoms with Gasteiger partial charge in [0.05, 0.1) is 6.61 Å². The van der Waals surface area contributed by atoms with Crippen molar-refractivity contribution in [1.82, 2.24) is 5.32 Å². The lowest BCUT2D eigenvalue weighted by atomic mass is 9.97. The van der Waals surface area contributed by atoms with Crippen LogP contribution < -0.4 is 15.7 Å². The molecule has 1 aliphatic rings. The summed E-state index contributed by atoms with van der Waals surface area (Å²) in [6.45, 7) is 2.48. The van der Waals surface area contributed by atoms with E-state index in [0.717, 1.165) is 10.9 Å². The molecule has 4 N–H and O–H groups in total. The van der Waals surface area contributed by atoms with Gasteiger partial charge in [-0.2, -0.15) is 0 Å². The molecule has 1 saturated heterocycles. The Labute approximate surface area is 154 Å². The van der Waals surface area contributed by atoms with Crippen molar-refractivity contribution in [2.45, 2.75) is 44.5 Å². The molecule has 1 aliphatic heterocycles. The molecule has 0 unspecified atom stereocenters. The number of aliphatic hydroxyl groups excluding tert-OH is 3. The van der Waals surface area contributed by atoms with Crippen molar-refractivity contribution in [3.05, 3.63) is 40.2 Å². The zero-order chi connectivity index (χ0) is 19.7. The number of hydrogen-bond acceptors (Lipinski definition) is 8. The highest BCUT2D eigenvalue weighted by Gasteiger charge is 2.46. The number of rotatable bonds is 4. The maximum Gasteiger partial charge on any atom is 0.336 e. The van der Waals surface area contributed by atoms with Gasteiger partial charge in [0.1, 0.15) is 35.7 Å². The minimum Gasteiger partial charge on any atom is -0.462 e. The fraction of sp³-hybridized carbons (Fsp3) is 0.444. The van der Waals surface area contributed by atoms with Gasteiger partial charge in [-0.05, 0) is 24.6 Å². The van der Waals surface area contributed by atoms with Crippen molar-refractivity contribution in [2.75, 3.05) is 6.61 Å². The third-order valence-electron chi connectivity index (χ3n) is 4.43. The molecule has 2 aromatic rings. The maximum absolute atomic E-state index is 11.6. The van der Waals surface area contributed by atoms with E-state index in [4.69, 9.17) is 13.9 Å². The molecule has 0 radical (unpaired) electrons. The van der Waals surface area contributed by atoms with Crippen LogP contribution >= 0.6 is 0 Å². The predicted octanol–water partition coefficient (Wildman–Crippen LogP) is -0.576. The summed E-state index contributed by atoms with van der Waals surface area (Å²) in [4.78, 5) is 23.0. The van der Waals surface area contributed by atoms with Crippen molar-refractivity contribution in [3.8, 4) is 5.75 Å². The molecule has 0 bridgehead atoms. The number of benzene rings is 1. The van der Waals surface area contributed by atoms with E-state index in [1.807, 2.05) is 0 Å². The average Bonchev–Trinajstić information content (AvgIpc) is 2.60. The molecule has 1 amide bonds. The van der Waals surface area contributed by atoms with Crippen molar-refractivity contribution >= 4 is 16.9 Å². The van der Waals surface area contributed by atoms with E-state index in [1.165, 1.54) is 19.1 Å². The summed E-state index contributed by atoms with van der Waals surface area (Å²) in [5.74, 6) is -0.192. The topological polar surface area (TPSA) is 138 Å². The molecule has 3 rings (SSSR count). The molecule has 1 aromatic heterocycles. The van der Waals surface area contributed by atoms with Crippen molar-refractivity contribution in [3.63, 3.8) is 0 Å². The van der Waals surface area contributed by atoms with Gasteiger partial charge in [0.25, 0.3) is 0 Å². The molecule has 1 aromatic carbocycles. The molecular formula is C18H21NO8. The van der Waals surface area contributed by atoms with Gasteiger partial charge in [0, 0.05) is 24.4 Å². The minimum atomic E-state index is -1.41. The Balaban J connectivity index is 1.91. The predicted molar refractivity (Wildman–Crippen MR) is 93.2 cm³/mol. The Morgan fingerprint density at radius 3 is 2.67 bits per heavy atom. The van der Waals surface area contributed by atoms with E-state index in [1.54, 1.807) is 19.1 Å². The van der Waals surface area contributed by atoms with Gasteiger partial charge in [-0.3, -0.25) is 4.79 Å². The Kier molecular flexibility index (Phi) is 5.47. The van der Waals surface area contributed by atoms with Gasteiger partial charge in [0.15, 0.2) is 0 Å². The summed E-state index contributed by atoms with van der Waals surface area (Å²) >= 11 is 0. The highest BCUT2D eigenvalue weighted by molar-refractivity contribution is 5.81. The van der Waals surface area contributed by atoms with Crippen molar-refractivity contribution < 1.29 is 34.0 Å². The van der Waals surface area contributed by atoms with Crippen molar-refractivity contribution in [1.29, 1.82) is 0 Å². The van der Waals surface area contributed by atoms with Crippen LogP contribution in [-0.4, -0.2) is 58.5 Å². The van der Waals surface area contributed by atoms with Crippen LogP contribution in [0.1, 0.15) is 12.5 Å². The first-order chi connectivity index (χ1) is 12.8. The number of carbonyl (C=O) groups is 1. The lowest BCUT2D eigenvalue weighted by Gasteiger charge is -2.42. The summed E-state index contributed by atoms with van der Waals surface area (Å²) in [5.41, 5.74) is 0.557. The summed E-state index contributed by atoms with van der Waals surface area (Å²) in [6.07, 6.45) is -5.08. The number of carbonyl (C=O) groups excluding carboxylic acids is 1. The van der Waals surface area contributed by atoms with E-state index in [-0.39, 0.29) is 5.75 Å². The van der Waals surface area contributed by atoms with Gasteiger partial charge in [0.2, 0.25) is 12.2 Å². The van der Waals surface area contributed by atoms with Gasteiger partial charge >= 0.3 is 5.63 Å². The smallest absolute Gasteiger partial charge is 0.336 e. The fourth-order valence-electron chi connectivity index (χ4n) is 3.08. The van der Waals surface area contributed by atoms with Crippen LogP contribution in [-0.2, 0) is 9.53 Å². The SMILES string of the molecule is CC(=O)N[C@H]1[C@H](Oc2ccc3c(C)cc(=O)oc3c2)O[C@H](CO)[C@H](O)[C@H]1O. The first-order valence-corrected chi connectivity index (χ1v) is 8.41. The maximum atomic E-state index is 11.6. The number of ether oxygens (including phenoxy) is 2. The fourth-order valence-corrected chi connectivity index (χ4v) is 3.08. The molecule has 9 nitrogen and oxygen atoms in total. The first-order valence-electron chi connectivity index (χ1n) is 8.41.